The Morgan fingerprint density at radius 3 is 0.800 bits per heavy atom. The minimum Gasteiger partial charge on any atom is -0.381 e. The number of rotatable bonds is 0. The molecule has 0 radical (unpaired) electrons. The van der Waals surface area contributed by atoms with Crippen LogP contribution in [0.3, 0.4) is 0 Å². The SMILES string of the molecule is C1COC1.CC.CC.CC. The van der Waals surface area contributed by atoms with Crippen molar-refractivity contribution < 1.29 is 4.74 Å². The summed E-state index contributed by atoms with van der Waals surface area (Å²) in [5, 5.41) is 0. The van der Waals surface area contributed by atoms with E-state index in [1.165, 1.54) is 6.42 Å². The first kappa shape index (κ1) is 16.5. The molecule has 0 aromatic heterocycles. The highest BCUT2D eigenvalue weighted by molar-refractivity contribution is 4.41. The van der Waals surface area contributed by atoms with Gasteiger partial charge < -0.3 is 4.74 Å². The van der Waals surface area contributed by atoms with Gasteiger partial charge in [-0.3, -0.25) is 0 Å². The van der Waals surface area contributed by atoms with Crippen molar-refractivity contribution in [2.24, 2.45) is 0 Å². The van der Waals surface area contributed by atoms with Gasteiger partial charge >= 0.3 is 0 Å². The average Bonchev–Trinajstić information content (AvgIpc) is 1.96. The third-order valence-electron chi connectivity index (χ3n) is 0.577. The van der Waals surface area contributed by atoms with Crippen LogP contribution in [0, 0.1) is 0 Å². The topological polar surface area (TPSA) is 9.23 Å². The Balaban J connectivity index is -0.0000000729. The summed E-state index contributed by atoms with van der Waals surface area (Å²) in [6.45, 7) is 14.0. The second-order valence-corrected chi connectivity index (χ2v) is 0.966. The van der Waals surface area contributed by atoms with E-state index < -0.39 is 0 Å². The second-order valence-electron chi connectivity index (χ2n) is 0.966. The molecule has 0 aliphatic carbocycles. The van der Waals surface area contributed by atoms with E-state index in [0.717, 1.165) is 13.2 Å². The first-order valence-electron chi connectivity index (χ1n) is 4.58. The Labute approximate surface area is 66.8 Å². The molecule has 0 spiro atoms. The van der Waals surface area contributed by atoms with Gasteiger partial charge in [0.15, 0.2) is 0 Å². The summed E-state index contributed by atoms with van der Waals surface area (Å²) in [4.78, 5) is 0. The molecule has 0 saturated carbocycles. The Kier molecular flexibility index (Phi) is 59.8. The molecule has 0 N–H and O–H groups in total. The lowest BCUT2D eigenvalue weighted by Crippen LogP contribution is -2.09. The van der Waals surface area contributed by atoms with Gasteiger partial charge in [-0.2, -0.15) is 0 Å². The summed E-state index contributed by atoms with van der Waals surface area (Å²) in [6, 6.07) is 0. The van der Waals surface area contributed by atoms with Gasteiger partial charge in [0.25, 0.3) is 0 Å². The van der Waals surface area contributed by atoms with Crippen LogP contribution >= 0.6 is 0 Å². The summed E-state index contributed by atoms with van der Waals surface area (Å²) in [5.41, 5.74) is 0. The summed E-state index contributed by atoms with van der Waals surface area (Å²) in [5.74, 6) is 0. The van der Waals surface area contributed by atoms with Crippen LogP contribution in [0.15, 0.2) is 0 Å². The van der Waals surface area contributed by atoms with Crippen molar-refractivity contribution in [3.8, 4) is 0 Å². The van der Waals surface area contributed by atoms with Crippen LogP contribution in [-0.4, -0.2) is 13.2 Å². The Morgan fingerprint density at radius 1 is 0.700 bits per heavy atom. The van der Waals surface area contributed by atoms with Crippen LogP contribution in [0.1, 0.15) is 48.0 Å². The van der Waals surface area contributed by atoms with E-state index in [0.29, 0.717) is 0 Å². The van der Waals surface area contributed by atoms with E-state index in [4.69, 9.17) is 4.74 Å². The fourth-order valence-electron chi connectivity index (χ4n) is 0.144. The Morgan fingerprint density at radius 2 is 0.800 bits per heavy atom. The van der Waals surface area contributed by atoms with Gasteiger partial charge in [0.1, 0.15) is 0 Å². The van der Waals surface area contributed by atoms with Crippen LogP contribution in [0.4, 0.5) is 0 Å². The van der Waals surface area contributed by atoms with Crippen molar-refractivity contribution >= 4 is 0 Å². The maximum Gasteiger partial charge on any atom is 0.0488 e. The van der Waals surface area contributed by atoms with Crippen LogP contribution in [-0.2, 0) is 4.74 Å². The van der Waals surface area contributed by atoms with Crippen molar-refractivity contribution in [3.05, 3.63) is 0 Å². The van der Waals surface area contributed by atoms with E-state index in [2.05, 4.69) is 0 Å². The predicted octanol–water partition coefficient (Wildman–Crippen LogP) is 3.49. The van der Waals surface area contributed by atoms with E-state index in [9.17, 15) is 0 Å². The molecule has 66 valence electrons. The van der Waals surface area contributed by atoms with Crippen molar-refractivity contribution in [1.29, 1.82) is 0 Å². The van der Waals surface area contributed by atoms with Crippen molar-refractivity contribution in [1.82, 2.24) is 0 Å². The van der Waals surface area contributed by atoms with E-state index in [-0.39, 0.29) is 0 Å². The van der Waals surface area contributed by atoms with Gasteiger partial charge in [0.2, 0.25) is 0 Å². The normalized spacial score (nSPS) is 11.4. The molecule has 1 aliphatic rings. The first-order valence-corrected chi connectivity index (χ1v) is 4.58. The Hall–Kier alpha value is -0.0400. The fourth-order valence-corrected chi connectivity index (χ4v) is 0.144. The second kappa shape index (κ2) is 36.2. The fraction of sp³-hybridized carbons (Fsp3) is 1.00. The van der Waals surface area contributed by atoms with Crippen LogP contribution in [0.25, 0.3) is 0 Å². The zero-order valence-corrected chi connectivity index (χ0v) is 8.53. The number of hydrogen-bond donors (Lipinski definition) is 0. The highest BCUT2D eigenvalue weighted by atomic mass is 16.5. The molecule has 10 heavy (non-hydrogen) atoms. The summed E-state index contributed by atoms with van der Waals surface area (Å²) in [6.07, 6.45) is 1.28. The molecule has 0 aromatic carbocycles. The van der Waals surface area contributed by atoms with Crippen LogP contribution < -0.4 is 0 Å². The van der Waals surface area contributed by atoms with Gasteiger partial charge in [0.05, 0.1) is 0 Å². The quantitative estimate of drug-likeness (QED) is 0.511. The third kappa shape index (κ3) is 24.6. The van der Waals surface area contributed by atoms with Gasteiger partial charge in [-0.05, 0) is 6.42 Å². The summed E-state index contributed by atoms with van der Waals surface area (Å²) >= 11 is 0. The van der Waals surface area contributed by atoms with Gasteiger partial charge in [-0.25, -0.2) is 0 Å². The monoisotopic (exact) mass is 148 g/mol. The molecule has 0 aromatic rings. The standard InChI is InChI=1S/C3H6O.3C2H6/c1-2-4-3-1;3*1-2/h1-3H2;3*1-2H3. The molecule has 0 unspecified atom stereocenters. The van der Waals surface area contributed by atoms with Gasteiger partial charge in [0, 0.05) is 13.2 Å². The maximum absolute atomic E-state index is 4.72. The lowest BCUT2D eigenvalue weighted by atomic mass is 10.4. The first-order chi connectivity index (χ1) is 5.00. The Bertz CT molecular complexity index is 12.7. The van der Waals surface area contributed by atoms with Gasteiger partial charge in [-0.15, -0.1) is 0 Å². The molecular formula is C9H24O. The lowest BCUT2D eigenvalue weighted by molar-refractivity contribution is 0.0367. The summed E-state index contributed by atoms with van der Waals surface area (Å²) < 4.78 is 4.72. The van der Waals surface area contributed by atoms with Gasteiger partial charge in [-0.1, -0.05) is 41.5 Å². The minimum absolute atomic E-state index is 1.00. The van der Waals surface area contributed by atoms with E-state index in [1.54, 1.807) is 0 Å². The van der Waals surface area contributed by atoms with Crippen molar-refractivity contribution in [2.45, 2.75) is 48.0 Å². The van der Waals surface area contributed by atoms with E-state index in [1.807, 2.05) is 41.5 Å². The summed E-state index contributed by atoms with van der Waals surface area (Å²) in [7, 11) is 0. The van der Waals surface area contributed by atoms with E-state index >= 15 is 0 Å². The molecule has 1 nitrogen and oxygen atoms in total. The zero-order chi connectivity index (χ0) is 8.83. The molecule has 1 rings (SSSR count). The largest absolute Gasteiger partial charge is 0.381 e. The highest BCUT2D eigenvalue weighted by Gasteiger charge is 1.94. The number of ether oxygens (including phenoxy) is 1. The van der Waals surface area contributed by atoms with Crippen molar-refractivity contribution in [2.75, 3.05) is 13.2 Å². The van der Waals surface area contributed by atoms with Crippen LogP contribution in [0.2, 0.25) is 0 Å². The number of hydrogen-bond acceptors (Lipinski definition) is 1. The van der Waals surface area contributed by atoms with Crippen LogP contribution in [0.5, 0.6) is 0 Å². The molecule has 0 bridgehead atoms. The molecule has 1 aliphatic heterocycles. The molecule has 1 heterocycles. The minimum atomic E-state index is 1.00. The lowest BCUT2D eigenvalue weighted by Gasteiger charge is -2.09. The maximum atomic E-state index is 4.72. The predicted molar refractivity (Wildman–Crippen MR) is 49.5 cm³/mol. The van der Waals surface area contributed by atoms with Crippen molar-refractivity contribution in [3.63, 3.8) is 0 Å². The molecule has 1 fully saturated rings. The third-order valence-corrected chi connectivity index (χ3v) is 0.577. The molecular weight excluding hydrogens is 124 g/mol. The molecule has 0 amide bonds. The zero-order valence-electron chi connectivity index (χ0n) is 8.53. The smallest absolute Gasteiger partial charge is 0.0488 e. The molecule has 0 atom stereocenters. The highest BCUT2D eigenvalue weighted by Crippen LogP contribution is 1.93. The molecule has 1 heteroatoms. The molecule has 1 saturated heterocycles. The average molecular weight is 148 g/mol.